The fourth-order valence-electron chi connectivity index (χ4n) is 1.15. The van der Waals surface area contributed by atoms with E-state index in [1.54, 1.807) is 18.2 Å². The van der Waals surface area contributed by atoms with Gasteiger partial charge in [-0.15, -0.1) is 0 Å². The number of benzene rings is 1. The quantitative estimate of drug-likeness (QED) is 0.515. The Balaban J connectivity index is 2.68. The molecule has 0 fully saturated rings. The van der Waals surface area contributed by atoms with Crippen LogP contribution in [0.15, 0.2) is 24.3 Å². The number of halogens is 1. The van der Waals surface area contributed by atoms with Crippen LogP contribution in [0.3, 0.4) is 0 Å². The third kappa shape index (κ3) is 4.48. The van der Waals surface area contributed by atoms with E-state index in [1.807, 2.05) is 0 Å². The first-order valence-electron chi connectivity index (χ1n) is 4.95. The number of hydrogen-bond donors (Lipinski definition) is 1. The number of phenolic OH excluding ortho intramolecular Hbond substituents is 1. The highest BCUT2D eigenvalue weighted by Crippen LogP contribution is 2.26. The van der Waals surface area contributed by atoms with Gasteiger partial charge in [-0.1, -0.05) is 22.0 Å². The van der Waals surface area contributed by atoms with Crippen molar-refractivity contribution < 1.29 is 19.4 Å². The topological polar surface area (TPSA) is 55.8 Å². The van der Waals surface area contributed by atoms with Gasteiger partial charge in [0.25, 0.3) is 0 Å². The molecule has 17 heavy (non-hydrogen) atoms. The van der Waals surface area contributed by atoms with E-state index >= 15 is 0 Å². The predicted molar refractivity (Wildman–Crippen MR) is 68.4 cm³/mol. The number of ether oxygens (including phenoxy) is 2. The molecule has 1 rings (SSSR count). The number of hydrogen-bond acceptors (Lipinski definition) is 4. The largest absolute Gasteiger partial charge is 0.504 e. The third-order valence-corrected chi connectivity index (χ3v) is 2.26. The van der Waals surface area contributed by atoms with Crippen LogP contribution in [0.4, 0.5) is 0 Å². The van der Waals surface area contributed by atoms with Gasteiger partial charge >= 0.3 is 5.97 Å². The SMILES string of the molecule is COc1cc(/C=C/C(=O)OCCBr)ccc1O. The van der Waals surface area contributed by atoms with Crippen molar-refractivity contribution in [2.75, 3.05) is 19.0 Å². The van der Waals surface area contributed by atoms with E-state index in [1.165, 1.54) is 19.3 Å². The van der Waals surface area contributed by atoms with Crippen LogP contribution < -0.4 is 4.74 Å². The minimum absolute atomic E-state index is 0.0616. The molecule has 0 aromatic heterocycles. The lowest BCUT2D eigenvalue weighted by atomic mass is 10.2. The fraction of sp³-hybridized carbons (Fsp3) is 0.250. The van der Waals surface area contributed by atoms with Crippen LogP contribution in [0.2, 0.25) is 0 Å². The number of carbonyl (C=O) groups excluding carboxylic acids is 1. The Morgan fingerprint density at radius 1 is 1.53 bits per heavy atom. The van der Waals surface area contributed by atoms with E-state index in [0.29, 0.717) is 17.7 Å². The van der Waals surface area contributed by atoms with E-state index in [-0.39, 0.29) is 5.75 Å². The first kappa shape index (κ1) is 13.6. The zero-order chi connectivity index (χ0) is 12.7. The molecule has 1 aromatic carbocycles. The molecule has 4 nitrogen and oxygen atoms in total. The minimum atomic E-state index is -0.406. The zero-order valence-corrected chi connectivity index (χ0v) is 10.9. The molecule has 0 aliphatic rings. The van der Waals surface area contributed by atoms with Gasteiger partial charge in [0.15, 0.2) is 11.5 Å². The van der Waals surface area contributed by atoms with Crippen LogP contribution >= 0.6 is 15.9 Å². The van der Waals surface area contributed by atoms with Crippen molar-refractivity contribution in [3.05, 3.63) is 29.8 Å². The predicted octanol–water partition coefficient (Wildman–Crippen LogP) is 2.35. The van der Waals surface area contributed by atoms with Crippen molar-refractivity contribution >= 4 is 28.0 Å². The molecule has 0 saturated heterocycles. The van der Waals surface area contributed by atoms with Crippen LogP contribution in [-0.2, 0) is 9.53 Å². The standard InChI is InChI=1S/C12H13BrO4/c1-16-11-8-9(2-4-10(11)14)3-5-12(15)17-7-6-13/h2-5,8,14H,6-7H2,1H3/b5-3+. The highest BCUT2D eigenvalue weighted by molar-refractivity contribution is 9.09. The average Bonchev–Trinajstić information content (AvgIpc) is 2.35. The second-order valence-corrected chi connectivity index (χ2v) is 3.91. The van der Waals surface area contributed by atoms with Crippen molar-refractivity contribution in [3.63, 3.8) is 0 Å². The van der Waals surface area contributed by atoms with Crippen molar-refractivity contribution in [2.24, 2.45) is 0 Å². The summed E-state index contributed by atoms with van der Waals surface area (Å²) in [6.07, 6.45) is 2.92. The van der Waals surface area contributed by atoms with Gasteiger partial charge in [-0.2, -0.15) is 0 Å². The van der Waals surface area contributed by atoms with Crippen molar-refractivity contribution in [1.82, 2.24) is 0 Å². The number of methoxy groups -OCH3 is 1. The Bertz CT molecular complexity index is 415. The second kappa shape index (κ2) is 6.96. The molecule has 0 heterocycles. The lowest BCUT2D eigenvalue weighted by Crippen LogP contribution is -2.02. The summed E-state index contributed by atoms with van der Waals surface area (Å²) in [5.41, 5.74) is 0.746. The zero-order valence-electron chi connectivity index (χ0n) is 9.35. The van der Waals surface area contributed by atoms with Crippen molar-refractivity contribution in [2.45, 2.75) is 0 Å². The van der Waals surface area contributed by atoms with Gasteiger partial charge in [-0.3, -0.25) is 0 Å². The summed E-state index contributed by atoms with van der Waals surface area (Å²) in [5.74, 6) is 0.0176. The summed E-state index contributed by atoms with van der Waals surface area (Å²) in [4.78, 5) is 11.2. The molecular weight excluding hydrogens is 288 g/mol. The Kier molecular flexibility index (Phi) is 5.56. The fourth-order valence-corrected chi connectivity index (χ4v) is 1.31. The van der Waals surface area contributed by atoms with E-state index in [4.69, 9.17) is 9.47 Å². The summed E-state index contributed by atoms with van der Waals surface area (Å²) >= 11 is 3.16. The molecule has 0 atom stereocenters. The van der Waals surface area contributed by atoms with Crippen molar-refractivity contribution in [3.8, 4) is 11.5 Å². The monoisotopic (exact) mass is 300 g/mol. The Morgan fingerprint density at radius 2 is 2.29 bits per heavy atom. The number of alkyl halides is 1. The van der Waals surface area contributed by atoms with Gasteiger partial charge in [0, 0.05) is 11.4 Å². The van der Waals surface area contributed by atoms with Crippen LogP contribution in [-0.4, -0.2) is 30.1 Å². The van der Waals surface area contributed by atoms with E-state index < -0.39 is 5.97 Å². The lowest BCUT2D eigenvalue weighted by molar-refractivity contribution is -0.137. The number of aromatic hydroxyl groups is 1. The van der Waals surface area contributed by atoms with Gasteiger partial charge in [0.05, 0.1) is 7.11 Å². The Hall–Kier alpha value is -1.49. The maximum absolute atomic E-state index is 11.2. The molecule has 0 radical (unpaired) electrons. The summed E-state index contributed by atoms with van der Waals surface area (Å²) < 4.78 is 9.79. The summed E-state index contributed by atoms with van der Waals surface area (Å²) in [5, 5.41) is 9.99. The number of carbonyl (C=O) groups is 1. The Morgan fingerprint density at radius 3 is 2.94 bits per heavy atom. The molecule has 92 valence electrons. The van der Waals surface area contributed by atoms with Gasteiger partial charge < -0.3 is 14.6 Å². The van der Waals surface area contributed by atoms with Crippen LogP contribution in [0.25, 0.3) is 6.08 Å². The maximum Gasteiger partial charge on any atom is 0.330 e. The normalized spacial score (nSPS) is 10.5. The minimum Gasteiger partial charge on any atom is -0.504 e. The molecular formula is C12H13BrO4. The number of rotatable bonds is 5. The molecule has 0 amide bonds. The van der Waals surface area contributed by atoms with Crippen LogP contribution in [0.1, 0.15) is 5.56 Å². The summed E-state index contributed by atoms with van der Waals surface area (Å²) in [7, 11) is 1.47. The molecule has 1 aromatic rings. The summed E-state index contributed by atoms with van der Waals surface area (Å²) in [6.45, 7) is 0.335. The average molecular weight is 301 g/mol. The molecule has 0 spiro atoms. The first-order valence-corrected chi connectivity index (χ1v) is 6.07. The molecule has 0 aliphatic carbocycles. The van der Waals surface area contributed by atoms with Gasteiger partial charge in [0.2, 0.25) is 0 Å². The molecule has 5 heteroatoms. The molecule has 0 aliphatic heterocycles. The third-order valence-electron chi connectivity index (χ3n) is 1.94. The maximum atomic E-state index is 11.2. The van der Waals surface area contributed by atoms with Crippen molar-refractivity contribution in [1.29, 1.82) is 0 Å². The van der Waals surface area contributed by atoms with E-state index in [9.17, 15) is 9.90 Å². The molecule has 0 unspecified atom stereocenters. The first-order chi connectivity index (χ1) is 8.17. The van der Waals surface area contributed by atoms with Crippen LogP contribution in [0, 0.1) is 0 Å². The van der Waals surface area contributed by atoms with Gasteiger partial charge in [-0.05, 0) is 23.8 Å². The Labute approximate surface area is 108 Å². The van der Waals surface area contributed by atoms with Gasteiger partial charge in [-0.25, -0.2) is 4.79 Å². The van der Waals surface area contributed by atoms with Gasteiger partial charge in [0.1, 0.15) is 6.61 Å². The molecule has 1 N–H and O–H groups in total. The molecule has 0 saturated carbocycles. The van der Waals surface area contributed by atoms with Crippen LogP contribution in [0.5, 0.6) is 11.5 Å². The lowest BCUT2D eigenvalue weighted by Gasteiger charge is -2.03. The number of esters is 1. The highest BCUT2D eigenvalue weighted by Gasteiger charge is 2.01. The smallest absolute Gasteiger partial charge is 0.330 e. The number of phenols is 1. The highest BCUT2D eigenvalue weighted by atomic mass is 79.9. The van der Waals surface area contributed by atoms with E-state index in [2.05, 4.69) is 15.9 Å². The van der Waals surface area contributed by atoms with E-state index in [0.717, 1.165) is 5.56 Å². The molecule has 0 bridgehead atoms. The second-order valence-electron chi connectivity index (χ2n) is 3.12. The summed E-state index contributed by atoms with van der Waals surface area (Å²) in [6, 6.07) is 4.80.